The second-order valence-electron chi connectivity index (χ2n) is 7.44. The van der Waals surface area contributed by atoms with Crippen LogP contribution in [0, 0.1) is 0 Å². The Balaban J connectivity index is 1.96. The number of anilines is 4. The van der Waals surface area contributed by atoms with E-state index in [2.05, 4.69) is 122 Å². The van der Waals surface area contributed by atoms with Crippen LogP contribution in [0.4, 0.5) is 22.7 Å². The summed E-state index contributed by atoms with van der Waals surface area (Å²) >= 11 is 0. The number of hydrogen-bond acceptors (Lipinski definition) is 2. The average molecular weight is 373 g/mol. The smallest absolute Gasteiger partial charge is 0.0414 e. The van der Waals surface area contributed by atoms with Crippen molar-refractivity contribution in [2.24, 2.45) is 0 Å². The van der Waals surface area contributed by atoms with Crippen LogP contribution in [-0.2, 0) is 0 Å². The largest absolute Gasteiger partial charge is 0.339 e. The molecule has 0 saturated heterocycles. The molecule has 0 aliphatic rings. The molecule has 0 aliphatic heterocycles. The number of rotatable bonds is 8. The highest BCUT2D eigenvalue weighted by atomic mass is 15.2. The molecule has 0 heterocycles. The normalized spacial score (nSPS) is 13.0. The zero-order valence-electron chi connectivity index (χ0n) is 17.5. The molecule has 2 heteroatoms. The molecule has 0 amide bonds. The Hall–Kier alpha value is -2.74. The minimum absolute atomic E-state index is 0.438. The molecule has 0 fully saturated rings. The van der Waals surface area contributed by atoms with Gasteiger partial charge in [-0.1, -0.05) is 50.2 Å². The van der Waals surface area contributed by atoms with E-state index in [9.17, 15) is 0 Å². The maximum atomic E-state index is 2.43. The number of benzene rings is 3. The first-order valence-electron chi connectivity index (χ1n) is 10.4. The fourth-order valence-electron chi connectivity index (χ4n) is 3.63. The fraction of sp³-hybridized carbons (Fsp3) is 0.308. The highest BCUT2D eigenvalue weighted by Gasteiger charge is 2.18. The number of hydrogen-bond donors (Lipinski definition) is 0. The predicted octanol–water partition coefficient (Wildman–Crippen LogP) is 7.56. The summed E-state index contributed by atoms with van der Waals surface area (Å²) in [6.45, 7) is 9.07. The van der Waals surface area contributed by atoms with E-state index in [0.717, 1.165) is 12.8 Å². The second-order valence-corrected chi connectivity index (χ2v) is 7.44. The molecular formula is C26H32N2. The SMILES string of the molecule is CCC(C)N(c1ccccc1)c1ccc(N(c2ccccc2)C(C)CC)cc1. The molecule has 146 valence electrons. The van der Waals surface area contributed by atoms with Gasteiger partial charge in [-0.2, -0.15) is 0 Å². The molecule has 0 N–H and O–H groups in total. The summed E-state index contributed by atoms with van der Waals surface area (Å²) in [5.41, 5.74) is 4.96. The van der Waals surface area contributed by atoms with Crippen LogP contribution in [0.1, 0.15) is 40.5 Å². The van der Waals surface area contributed by atoms with Crippen molar-refractivity contribution in [1.29, 1.82) is 0 Å². The molecule has 2 unspecified atom stereocenters. The molecule has 2 nitrogen and oxygen atoms in total. The first kappa shape index (κ1) is 20.0. The lowest BCUT2D eigenvalue weighted by Gasteiger charge is -2.33. The zero-order valence-corrected chi connectivity index (χ0v) is 17.5. The molecule has 28 heavy (non-hydrogen) atoms. The van der Waals surface area contributed by atoms with Crippen molar-refractivity contribution in [3.05, 3.63) is 84.9 Å². The molecule has 3 aromatic rings. The van der Waals surface area contributed by atoms with E-state index in [1.165, 1.54) is 22.7 Å². The van der Waals surface area contributed by atoms with Crippen LogP contribution >= 0.6 is 0 Å². The van der Waals surface area contributed by atoms with Gasteiger partial charge < -0.3 is 9.80 Å². The molecule has 0 saturated carbocycles. The summed E-state index contributed by atoms with van der Waals surface area (Å²) in [7, 11) is 0. The van der Waals surface area contributed by atoms with E-state index in [0.29, 0.717) is 12.1 Å². The summed E-state index contributed by atoms with van der Waals surface area (Å²) in [4.78, 5) is 4.86. The quantitative estimate of drug-likeness (QED) is 0.402. The van der Waals surface area contributed by atoms with Gasteiger partial charge in [-0.3, -0.25) is 0 Å². The van der Waals surface area contributed by atoms with Crippen LogP contribution in [0.2, 0.25) is 0 Å². The number of nitrogens with zero attached hydrogens (tertiary/aromatic N) is 2. The molecule has 0 aromatic heterocycles. The number of para-hydroxylation sites is 2. The van der Waals surface area contributed by atoms with Gasteiger partial charge in [-0.25, -0.2) is 0 Å². The third-order valence-corrected chi connectivity index (χ3v) is 5.54. The van der Waals surface area contributed by atoms with Gasteiger partial charge in [0.05, 0.1) is 0 Å². The summed E-state index contributed by atoms with van der Waals surface area (Å²) in [5, 5.41) is 0. The molecule has 2 atom stereocenters. The van der Waals surface area contributed by atoms with Gasteiger partial charge in [-0.05, 0) is 75.2 Å². The van der Waals surface area contributed by atoms with Gasteiger partial charge in [0.15, 0.2) is 0 Å². The summed E-state index contributed by atoms with van der Waals surface area (Å²) in [5.74, 6) is 0. The van der Waals surface area contributed by atoms with Crippen molar-refractivity contribution < 1.29 is 0 Å². The summed E-state index contributed by atoms with van der Waals surface area (Å²) < 4.78 is 0. The highest BCUT2D eigenvalue weighted by Crippen LogP contribution is 2.33. The Labute approximate surface area is 170 Å². The van der Waals surface area contributed by atoms with E-state index >= 15 is 0 Å². The lowest BCUT2D eigenvalue weighted by molar-refractivity contribution is 0.684. The van der Waals surface area contributed by atoms with E-state index in [1.54, 1.807) is 0 Å². The molecule has 3 rings (SSSR count). The van der Waals surface area contributed by atoms with Crippen LogP contribution in [0.25, 0.3) is 0 Å². The van der Waals surface area contributed by atoms with Crippen molar-refractivity contribution in [2.45, 2.75) is 52.6 Å². The Morgan fingerprint density at radius 3 is 1.07 bits per heavy atom. The molecule has 0 spiro atoms. The topological polar surface area (TPSA) is 6.48 Å². The van der Waals surface area contributed by atoms with Gasteiger partial charge in [0.1, 0.15) is 0 Å². The third-order valence-electron chi connectivity index (χ3n) is 5.54. The first-order valence-corrected chi connectivity index (χ1v) is 10.4. The first-order chi connectivity index (χ1) is 13.7. The molecular weight excluding hydrogens is 340 g/mol. The van der Waals surface area contributed by atoms with Crippen molar-refractivity contribution in [3.8, 4) is 0 Å². The Bertz CT molecular complexity index is 755. The Morgan fingerprint density at radius 2 is 0.786 bits per heavy atom. The average Bonchev–Trinajstić information content (AvgIpc) is 2.76. The van der Waals surface area contributed by atoms with Gasteiger partial charge in [0.2, 0.25) is 0 Å². The minimum atomic E-state index is 0.438. The maximum absolute atomic E-state index is 2.43. The van der Waals surface area contributed by atoms with E-state index in [1.807, 2.05) is 0 Å². The van der Waals surface area contributed by atoms with Crippen LogP contribution in [0.5, 0.6) is 0 Å². The molecule has 0 radical (unpaired) electrons. The van der Waals surface area contributed by atoms with Gasteiger partial charge in [0.25, 0.3) is 0 Å². The van der Waals surface area contributed by atoms with Gasteiger partial charge >= 0.3 is 0 Å². The van der Waals surface area contributed by atoms with Crippen LogP contribution < -0.4 is 9.80 Å². The second kappa shape index (κ2) is 9.45. The van der Waals surface area contributed by atoms with Crippen LogP contribution in [0.15, 0.2) is 84.9 Å². The van der Waals surface area contributed by atoms with E-state index in [4.69, 9.17) is 0 Å². The standard InChI is InChI=1S/C26H32N2/c1-5-21(3)27(23-13-9-7-10-14-23)25-17-19-26(20-18-25)28(22(4)6-2)24-15-11-8-12-16-24/h7-22H,5-6H2,1-4H3. The Kier molecular flexibility index (Phi) is 6.76. The minimum Gasteiger partial charge on any atom is -0.339 e. The van der Waals surface area contributed by atoms with Crippen molar-refractivity contribution >= 4 is 22.7 Å². The highest BCUT2D eigenvalue weighted by molar-refractivity contribution is 5.70. The van der Waals surface area contributed by atoms with Crippen LogP contribution in [-0.4, -0.2) is 12.1 Å². The van der Waals surface area contributed by atoms with E-state index in [-0.39, 0.29) is 0 Å². The predicted molar refractivity (Wildman–Crippen MR) is 123 cm³/mol. The fourth-order valence-corrected chi connectivity index (χ4v) is 3.63. The monoisotopic (exact) mass is 372 g/mol. The van der Waals surface area contributed by atoms with Crippen molar-refractivity contribution in [1.82, 2.24) is 0 Å². The lowest BCUT2D eigenvalue weighted by Crippen LogP contribution is -2.29. The van der Waals surface area contributed by atoms with Crippen molar-refractivity contribution in [2.75, 3.05) is 9.80 Å². The molecule has 3 aromatic carbocycles. The summed E-state index contributed by atoms with van der Waals surface area (Å²) in [6, 6.07) is 31.3. The van der Waals surface area contributed by atoms with Crippen LogP contribution in [0.3, 0.4) is 0 Å². The van der Waals surface area contributed by atoms with Crippen molar-refractivity contribution in [3.63, 3.8) is 0 Å². The van der Waals surface area contributed by atoms with Gasteiger partial charge in [0, 0.05) is 34.8 Å². The van der Waals surface area contributed by atoms with Gasteiger partial charge in [-0.15, -0.1) is 0 Å². The lowest BCUT2D eigenvalue weighted by atomic mass is 10.1. The third kappa shape index (κ3) is 4.39. The van der Waals surface area contributed by atoms with E-state index < -0.39 is 0 Å². The summed E-state index contributed by atoms with van der Waals surface area (Å²) in [6.07, 6.45) is 2.19. The Morgan fingerprint density at radius 1 is 0.500 bits per heavy atom. The zero-order chi connectivity index (χ0) is 19.9. The molecule has 0 aliphatic carbocycles. The molecule has 0 bridgehead atoms. The maximum Gasteiger partial charge on any atom is 0.0414 e.